The minimum atomic E-state index is -3.22. The molecule has 0 unspecified atom stereocenters. The first-order valence-corrected chi connectivity index (χ1v) is 9.16. The van der Waals surface area contributed by atoms with Gasteiger partial charge in [-0.3, -0.25) is 0 Å². The van der Waals surface area contributed by atoms with Gasteiger partial charge in [0.25, 0.3) is 0 Å². The second-order valence-corrected chi connectivity index (χ2v) is 9.30. The summed E-state index contributed by atoms with van der Waals surface area (Å²) in [6.07, 6.45) is 0.645. The first-order chi connectivity index (χ1) is 9.09. The molecule has 1 aromatic carbocycles. The highest BCUT2D eigenvalue weighted by molar-refractivity contribution is 6.84. The molecule has 0 saturated heterocycles. The van der Waals surface area contributed by atoms with Gasteiger partial charge in [-0.05, 0) is 25.4 Å². The summed E-state index contributed by atoms with van der Waals surface area (Å²) < 4.78 is 72.2. The lowest BCUT2D eigenvalue weighted by atomic mass is 10.2. The second kappa shape index (κ2) is 6.22. The van der Waals surface area contributed by atoms with Crippen LogP contribution in [-0.2, 0) is 4.43 Å². The van der Waals surface area contributed by atoms with Crippen molar-refractivity contribution in [1.82, 2.24) is 0 Å². The fraction of sp³-hybridized carbons (Fsp3) is 0.538. The fourth-order valence-electron chi connectivity index (χ4n) is 1.76. The van der Waals surface area contributed by atoms with E-state index in [0.717, 1.165) is 0 Å². The normalized spacial score (nSPS) is 12.3. The summed E-state index contributed by atoms with van der Waals surface area (Å²) in [5, 5.41) is -0.808. The van der Waals surface area contributed by atoms with Crippen LogP contribution in [0.15, 0.2) is 0 Å². The average molecular weight is 312 g/mol. The maximum atomic E-state index is 13.7. The molecular formula is C13H17F5OSi. The summed E-state index contributed by atoms with van der Waals surface area (Å²) in [5.41, 5.74) is 0. The Balaban J connectivity index is 3.18. The van der Waals surface area contributed by atoms with E-state index in [1.807, 2.05) is 13.8 Å². The van der Waals surface area contributed by atoms with E-state index in [9.17, 15) is 22.0 Å². The highest BCUT2D eigenvalue weighted by Crippen LogP contribution is 2.20. The van der Waals surface area contributed by atoms with Crippen LogP contribution in [0, 0.1) is 35.0 Å². The predicted octanol–water partition coefficient (Wildman–Crippen LogP) is 3.86. The molecule has 1 rings (SSSR count). The summed E-state index contributed by atoms with van der Waals surface area (Å²) in [5.74, 6) is -9.25. The molecule has 0 aliphatic carbocycles. The van der Waals surface area contributed by atoms with E-state index in [1.54, 1.807) is 0 Å². The van der Waals surface area contributed by atoms with Crippen LogP contribution in [0.1, 0.15) is 20.3 Å². The molecule has 114 valence electrons. The van der Waals surface area contributed by atoms with Crippen molar-refractivity contribution in [3.8, 4) is 0 Å². The van der Waals surface area contributed by atoms with Gasteiger partial charge in [-0.25, -0.2) is 22.0 Å². The number of halogens is 5. The maximum absolute atomic E-state index is 13.7. The summed E-state index contributed by atoms with van der Waals surface area (Å²) in [6.45, 7) is 6.92. The first-order valence-electron chi connectivity index (χ1n) is 6.25. The monoisotopic (exact) mass is 312 g/mol. The van der Waals surface area contributed by atoms with Crippen LogP contribution in [0.4, 0.5) is 22.0 Å². The quantitative estimate of drug-likeness (QED) is 0.347. The maximum Gasteiger partial charge on any atom is 0.224 e. The Kier molecular flexibility index (Phi) is 5.31. The van der Waals surface area contributed by atoms with Gasteiger partial charge in [0, 0.05) is 11.8 Å². The van der Waals surface area contributed by atoms with E-state index in [2.05, 4.69) is 0 Å². The lowest BCUT2D eigenvalue weighted by Gasteiger charge is -2.25. The summed E-state index contributed by atoms with van der Waals surface area (Å²) in [4.78, 5) is 0. The molecule has 0 amide bonds. The smallest absolute Gasteiger partial charge is 0.224 e. The highest BCUT2D eigenvalue weighted by atomic mass is 28.4. The van der Waals surface area contributed by atoms with Crippen molar-refractivity contribution in [1.29, 1.82) is 0 Å². The Morgan fingerprint density at radius 1 is 0.850 bits per heavy atom. The zero-order valence-electron chi connectivity index (χ0n) is 11.8. The van der Waals surface area contributed by atoms with Gasteiger partial charge in [0.2, 0.25) is 14.1 Å². The molecule has 0 fully saturated rings. The van der Waals surface area contributed by atoms with E-state index >= 15 is 0 Å². The summed E-state index contributed by atoms with van der Waals surface area (Å²) in [6, 6.07) is 0. The van der Waals surface area contributed by atoms with Crippen LogP contribution in [0.5, 0.6) is 0 Å². The van der Waals surface area contributed by atoms with Crippen molar-refractivity contribution >= 4 is 13.5 Å². The fourth-order valence-corrected chi connectivity index (χ4v) is 3.80. The van der Waals surface area contributed by atoms with Crippen molar-refractivity contribution in [3.05, 3.63) is 29.1 Å². The van der Waals surface area contributed by atoms with Crippen molar-refractivity contribution in [2.45, 2.75) is 33.4 Å². The number of hydrogen-bond donors (Lipinski definition) is 0. The Morgan fingerprint density at radius 2 is 1.25 bits per heavy atom. The molecule has 0 radical (unpaired) electrons. The largest absolute Gasteiger partial charge is 0.413 e. The minimum absolute atomic E-state index is 0.219. The molecule has 0 aliphatic heterocycles. The third-order valence-corrected chi connectivity index (χ3v) is 5.54. The topological polar surface area (TPSA) is 9.23 Å². The number of hydrogen-bond acceptors (Lipinski definition) is 1. The van der Waals surface area contributed by atoms with Crippen LogP contribution >= 0.6 is 0 Å². The molecule has 0 spiro atoms. The number of benzene rings is 1. The predicted molar refractivity (Wildman–Crippen MR) is 68.8 cm³/mol. The van der Waals surface area contributed by atoms with Crippen LogP contribution < -0.4 is 5.19 Å². The van der Waals surface area contributed by atoms with Gasteiger partial charge in [-0.2, -0.15) is 0 Å². The molecule has 0 heterocycles. The van der Waals surface area contributed by atoms with Crippen molar-refractivity contribution in [2.75, 3.05) is 6.61 Å². The van der Waals surface area contributed by atoms with E-state index < -0.39 is 42.6 Å². The molecule has 0 aromatic heterocycles. The van der Waals surface area contributed by atoms with E-state index in [1.165, 1.54) is 13.1 Å². The van der Waals surface area contributed by atoms with Gasteiger partial charge in [0.15, 0.2) is 23.3 Å². The van der Waals surface area contributed by atoms with Crippen LogP contribution in [-0.4, -0.2) is 14.9 Å². The SMILES string of the molecule is CC(C)CCO[Si](C)(C)c1c(F)c(F)c(F)c(F)c1F. The van der Waals surface area contributed by atoms with Crippen molar-refractivity contribution < 1.29 is 26.4 Å². The molecule has 0 atom stereocenters. The standard InChI is InChI=1S/C13H17F5OSi/c1-7(2)5-6-19-20(3,4)13-11(17)9(15)8(14)10(16)12(13)18/h7H,5-6H2,1-4H3. The van der Waals surface area contributed by atoms with E-state index in [4.69, 9.17) is 4.43 Å². The molecule has 7 heteroatoms. The van der Waals surface area contributed by atoms with Crippen LogP contribution in [0.2, 0.25) is 13.1 Å². The Bertz CT molecular complexity index is 473. The van der Waals surface area contributed by atoms with Crippen molar-refractivity contribution in [2.24, 2.45) is 5.92 Å². The third-order valence-electron chi connectivity index (χ3n) is 2.97. The summed E-state index contributed by atoms with van der Waals surface area (Å²) in [7, 11) is -3.22. The van der Waals surface area contributed by atoms with E-state index in [-0.39, 0.29) is 6.61 Å². The Morgan fingerprint density at radius 3 is 1.65 bits per heavy atom. The van der Waals surface area contributed by atoms with Gasteiger partial charge in [0.05, 0.1) is 0 Å². The molecule has 1 nitrogen and oxygen atoms in total. The first kappa shape index (κ1) is 17.1. The molecule has 20 heavy (non-hydrogen) atoms. The zero-order valence-corrected chi connectivity index (χ0v) is 12.8. The van der Waals surface area contributed by atoms with Crippen LogP contribution in [0.25, 0.3) is 0 Å². The highest BCUT2D eigenvalue weighted by Gasteiger charge is 2.37. The molecule has 0 saturated carbocycles. The molecule has 0 bridgehead atoms. The van der Waals surface area contributed by atoms with Gasteiger partial charge in [0.1, 0.15) is 0 Å². The van der Waals surface area contributed by atoms with Gasteiger partial charge in [-0.15, -0.1) is 0 Å². The lowest BCUT2D eigenvalue weighted by molar-refractivity contribution is 0.284. The van der Waals surface area contributed by atoms with Crippen LogP contribution in [0.3, 0.4) is 0 Å². The molecule has 0 N–H and O–H groups in total. The average Bonchev–Trinajstić information content (AvgIpc) is 2.33. The molecular weight excluding hydrogens is 295 g/mol. The summed E-state index contributed by atoms with van der Waals surface area (Å²) >= 11 is 0. The lowest BCUT2D eigenvalue weighted by Crippen LogP contribution is -2.50. The number of rotatable bonds is 5. The molecule has 0 aliphatic rings. The second-order valence-electron chi connectivity index (χ2n) is 5.49. The minimum Gasteiger partial charge on any atom is -0.413 e. The third kappa shape index (κ3) is 3.38. The van der Waals surface area contributed by atoms with Gasteiger partial charge >= 0.3 is 0 Å². The Hall–Kier alpha value is -0.953. The Labute approximate surface area is 115 Å². The van der Waals surface area contributed by atoms with Gasteiger partial charge in [-0.1, -0.05) is 13.8 Å². The molecule has 1 aromatic rings. The van der Waals surface area contributed by atoms with E-state index in [0.29, 0.717) is 12.3 Å². The van der Waals surface area contributed by atoms with Crippen molar-refractivity contribution in [3.63, 3.8) is 0 Å². The zero-order chi connectivity index (χ0) is 15.7. The van der Waals surface area contributed by atoms with Gasteiger partial charge < -0.3 is 4.43 Å².